The number of H-pyrrole nitrogens is 1. The number of nitrogens with zero attached hydrogens (tertiary/aromatic N) is 3. The summed E-state index contributed by atoms with van der Waals surface area (Å²) in [5.74, 6) is 0.530. The van der Waals surface area contributed by atoms with E-state index < -0.39 is 0 Å². The van der Waals surface area contributed by atoms with Crippen molar-refractivity contribution in [3.8, 4) is 16.9 Å². The normalized spacial score (nSPS) is 10.7. The zero-order valence-electron chi connectivity index (χ0n) is 10.7. The molecule has 0 aliphatic rings. The molecule has 0 spiro atoms. The van der Waals surface area contributed by atoms with E-state index in [1.54, 1.807) is 36.9 Å². The summed E-state index contributed by atoms with van der Waals surface area (Å²) in [6.07, 6.45) is 6.63. The number of nitrogens with two attached hydrogens (primary N) is 1. The van der Waals surface area contributed by atoms with E-state index in [1.807, 2.05) is 12.1 Å². The molecule has 0 aromatic carbocycles. The molecule has 3 aromatic rings. The molecule has 0 radical (unpaired) electrons. The van der Waals surface area contributed by atoms with Crippen molar-refractivity contribution < 1.29 is 0 Å². The van der Waals surface area contributed by atoms with Gasteiger partial charge in [-0.2, -0.15) is 0 Å². The van der Waals surface area contributed by atoms with Gasteiger partial charge in [-0.3, -0.25) is 14.9 Å². The Balaban J connectivity index is 2.04. The van der Waals surface area contributed by atoms with E-state index in [4.69, 9.17) is 5.73 Å². The zero-order chi connectivity index (χ0) is 13.9. The molecule has 0 amide bonds. The Hall–Kier alpha value is -2.73. The van der Waals surface area contributed by atoms with Crippen molar-refractivity contribution in [2.75, 3.05) is 0 Å². The third kappa shape index (κ3) is 2.12. The summed E-state index contributed by atoms with van der Waals surface area (Å²) in [4.78, 5) is 20.6. The van der Waals surface area contributed by atoms with E-state index in [0.717, 1.165) is 11.1 Å². The van der Waals surface area contributed by atoms with E-state index in [2.05, 4.69) is 15.1 Å². The van der Waals surface area contributed by atoms with Gasteiger partial charge < -0.3 is 5.73 Å². The molecule has 3 N–H and O–H groups in total. The van der Waals surface area contributed by atoms with Crippen molar-refractivity contribution in [2.24, 2.45) is 5.73 Å². The molecule has 20 heavy (non-hydrogen) atoms. The maximum absolute atomic E-state index is 12.4. The first-order valence-electron chi connectivity index (χ1n) is 6.16. The smallest absolute Gasteiger partial charge is 0.280 e. The van der Waals surface area contributed by atoms with E-state index in [1.165, 1.54) is 4.68 Å². The van der Waals surface area contributed by atoms with E-state index >= 15 is 0 Å². The first kappa shape index (κ1) is 12.3. The number of aromatic nitrogens is 4. The Bertz CT molecular complexity index is 758. The lowest BCUT2D eigenvalue weighted by atomic mass is 10.2. The van der Waals surface area contributed by atoms with Gasteiger partial charge in [-0.1, -0.05) is 12.1 Å². The fraction of sp³-hybridized carbons (Fsp3) is 0.0714. The Morgan fingerprint density at radius 3 is 2.80 bits per heavy atom. The number of pyridine rings is 2. The summed E-state index contributed by atoms with van der Waals surface area (Å²) < 4.78 is 1.39. The van der Waals surface area contributed by atoms with Gasteiger partial charge in [0.2, 0.25) is 0 Å². The summed E-state index contributed by atoms with van der Waals surface area (Å²) >= 11 is 0. The Morgan fingerprint density at radius 1 is 1.25 bits per heavy atom. The van der Waals surface area contributed by atoms with Crippen LogP contribution in [0.5, 0.6) is 0 Å². The molecule has 0 saturated carbocycles. The van der Waals surface area contributed by atoms with Crippen molar-refractivity contribution in [3.05, 3.63) is 65.0 Å². The molecule has 0 bridgehead atoms. The van der Waals surface area contributed by atoms with Crippen LogP contribution in [0.25, 0.3) is 16.9 Å². The third-order valence-electron chi connectivity index (χ3n) is 3.02. The highest BCUT2D eigenvalue weighted by atomic mass is 16.1. The summed E-state index contributed by atoms with van der Waals surface area (Å²) in [6, 6.07) is 7.24. The number of hydrogen-bond donors (Lipinski definition) is 2. The van der Waals surface area contributed by atoms with Crippen LogP contribution in [0.1, 0.15) is 5.56 Å². The minimum absolute atomic E-state index is 0.161. The van der Waals surface area contributed by atoms with Crippen LogP contribution in [-0.2, 0) is 6.54 Å². The van der Waals surface area contributed by atoms with Gasteiger partial charge in [0, 0.05) is 36.9 Å². The lowest BCUT2D eigenvalue weighted by Gasteiger charge is -2.01. The second kappa shape index (κ2) is 5.10. The van der Waals surface area contributed by atoms with Crippen LogP contribution in [0.2, 0.25) is 0 Å². The second-order valence-electron chi connectivity index (χ2n) is 4.30. The number of nitrogens with one attached hydrogen (secondary N) is 1. The summed E-state index contributed by atoms with van der Waals surface area (Å²) in [7, 11) is 0. The molecular weight excluding hydrogens is 254 g/mol. The number of hydrogen-bond acceptors (Lipinski definition) is 4. The summed E-state index contributed by atoms with van der Waals surface area (Å²) in [5.41, 5.74) is 7.61. The first-order valence-corrected chi connectivity index (χ1v) is 6.16. The molecule has 100 valence electrons. The van der Waals surface area contributed by atoms with Gasteiger partial charge in [0.05, 0.1) is 5.56 Å². The van der Waals surface area contributed by atoms with Crippen molar-refractivity contribution in [2.45, 2.75) is 6.54 Å². The molecular formula is C14H13N5O. The molecule has 3 heterocycles. The standard InChI is InChI=1S/C14H13N5O/c15-6-10-3-4-13(17-7-10)19-14(20)12(9-18-19)11-2-1-5-16-8-11/h1-5,7-9,18H,6,15H2. The van der Waals surface area contributed by atoms with E-state index in [9.17, 15) is 4.79 Å². The average Bonchev–Trinajstić information content (AvgIpc) is 2.90. The number of aromatic amines is 1. The highest BCUT2D eigenvalue weighted by Crippen LogP contribution is 2.13. The molecule has 0 unspecified atom stereocenters. The molecule has 0 saturated heterocycles. The van der Waals surface area contributed by atoms with Crippen molar-refractivity contribution in [1.29, 1.82) is 0 Å². The average molecular weight is 267 g/mol. The quantitative estimate of drug-likeness (QED) is 0.743. The topological polar surface area (TPSA) is 89.6 Å². The van der Waals surface area contributed by atoms with Crippen LogP contribution in [0.4, 0.5) is 0 Å². The first-order chi connectivity index (χ1) is 9.79. The highest BCUT2D eigenvalue weighted by Gasteiger charge is 2.10. The molecule has 0 fully saturated rings. The van der Waals surface area contributed by atoms with Crippen LogP contribution in [0.15, 0.2) is 53.8 Å². The second-order valence-corrected chi connectivity index (χ2v) is 4.30. The molecule has 6 nitrogen and oxygen atoms in total. The van der Waals surface area contributed by atoms with Crippen molar-refractivity contribution in [3.63, 3.8) is 0 Å². The van der Waals surface area contributed by atoms with Crippen LogP contribution in [0.3, 0.4) is 0 Å². The van der Waals surface area contributed by atoms with Crippen LogP contribution in [-0.4, -0.2) is 19.7 Å². The van der Waals surface area contributed by atoms with Crippen molar-refractivity contribution in [1.82, 2.24) is 19.7 Å². The lowest BCUT2D eigenvalue weighted by Crippen LogP contribution is -2.17. The van der Waals surface area contributed by atoms with E-state index in [0.29, 0.717) is 17.9 Å². The Kier molecular flexibility index (Phi) is 3.14. The molecule has 0 aliphatic carbocycles. The summed E-state index contributed by atoms with van der Waals surface area (Å²) in [6.45, 7) is 0.424. The predicted molar refractivity (Wildman–Crippen MR) is 75.3 cm³/mol. The van der Waals surface area contributed by atoms with Crippen LogP contribution >= 0.6 is 0 Å². The zero-order valence-corrected chi connectivity index (χ0v) is 10.7. The van der Waals surface area contributed by atoms with Gasteiger partial charge in [0.25, 0.3) is 5.56 Å². The summed E-state index contributed by atoms with van der Waals surface area (Å²) in [5, 5.41) is 2.91. The molecule has 6 heteroatoms. The minimum atomic E-state index is -0.161. The van der Waals surface area contributed by atoms with E-state index in [-0.39, 0.29) is 5.56 Å². The lowest BCUT2D eigenvalue weighted by molar-refractivity contribution is 0.815. The fourth-order valence-corrected chi connectivity index (χ4v) is 1.94. The monoisotopic (exact) mass is 267 g/mol. The molecule has 0 atom stereocenters. The van der Waals surface area contributed by atoms with Gasteiger partial charge >= 0.3 is 0 Å². The van der Waals surface area contributed by atoms with Crippen molar-refractivity contribution >= 4 is 0 Å². The van der Waals surface area contributed by atoms with Gasteiger partial charge in [-0.15, -0.1) is 0 Å². The highest BCUT2D eigenvalue weighted by molar-refractivity contribution is 5.60. The maximum Gasteiger partial charge on any atom is 0.280 e. The molecule has 3 aromatic heterocycles. The Labute approximate surface area is 114 Å². The maximum atomic E-state index is 12.4. The largest absolute Gasteiger partial charge is 0.326 e. The fourth-order valence-electron chi connectivity index (χ4n) is 1.94. The van der Waals surface area contributed by atoms with Gasteiger partial charge in [0.1, 0.15) is 0 Å². The van der Waals surface area contributed by atoms with Gasteiger partial charge in [-0.25, -0.2) is 9.67 Å². The van der Waals surface area contributed by atoms with Crippen LogP contribution < -0.4 is 11.3 Å². The third-order valence-corrected chi connectivity index (χ3v) is 3.02. The molecule has 0 aliphatic heterocycles. The SMILES string of the molecule is NCc1ccc(-n2[nH]cc(-c3cccnc3)c2=O)nc1. The number of rotatable bonds is 3. The minimum Gasteiger partial charge on any atom is -0.326 e. The van der Waals surface area contributed by atoms with Gasteiger partial charge in [0.15, 0.2) is 5.82 Å². The van der Waals surface area contributed by atoms with Crippen LogP contribution in [0, 0.1) is 0 Å². The predicted octanol–water partition coefficient (Wildman–Crippen LogP) is 1.08. The Morgan fingerprint density at radius 2 is 2.15 bits per heavy atom. The van der Waals surface area contributed by atoms with Gasteiger partial charge in [-0.05, 0) is 17.7 Å². The molecule has 3 rings (SSSR count).